The summed E-state index contributed by atoms with van der Waals surface area (Å²) in [6.07, 6.45) is 3.63. The standard InChI is InChI=1S/C11H24N2O2/c1-3-6-13-7-4-11(5-8-13)12-15-10-9-14-2/h11-12H,3-10H2,1-2H3. The topological polar surface area (TPSA) is 33.7 Å². The van der Waals surface area contributed by atoms with Gasteiger partial charge in [-0.2, -0.15) is 5.48 Å². The number of nitrogens with zero attached hydrogens (tertiary/aromatic N) is 1. The van der Waals surface area contributed by atoms with Gasteiger partial charge >= 0.3 is 0 Å². The van der Waals surface area contributed by atoms with E-state index >= 15 is 0 Å². The van der Waals surface area contributed by atoms with E-state index in [-0.39, 0.29) is 0 Å². The van der Waals surface area contributed by atoms with Crippen LogP contribution in [0.5, 0.6) is 0 Å². The van der Waals surface area contributed by atoms with Crippen molar-refractivity contribution >= 4 is 0 Å². The first-order valence-electron chi connectivity index (χ1n) is 5.95. The van der Waals surface area contributed by atoms with Crippen LogP contribution in [0.3, 0.4) is 0 Å². The Kier molecular flexibility index (Phi) is 6.92. The molecule has 15 heavy (non-hydrogen) atoms. The molecule has 0 saturated carbocycles. The van der Waals surface area contributed by atoms with E-state index in [1.54, 1.807) is 7.11 Å². The second kappa shape index (κ2) is 8.05. The quantitative estimate of drug-likeness (QED) is 0.509. The van der Waals surface area contributed by atoms with Crippen LogP contribution in [0.1, 0.15) is 26.2 Å². The van der Waals surface area contributed by atoms with Crippen LogP contribution in [-0.4, -0.2) is 50.9 Å². The predicted octanol–water partition coefficient (Wildman–Crippen LogP) is 1.03. The van der Waals surface area contributed by atoms with Gasteiger partial charge in [0, 0.05) is 13.2 Å². The number of ether oxygens (including phenoxy) is 1. The van der Waals surface area contributed by atoms with Crippen LogP contribution in [0.2, 0.25) is 0 Å². The van der Waals surface area contributed by atoms with E-state index in [0.717, 1.165) is 0 Å². The smallest absolute Gasteiger partial charge is 0.0915 e. The number of likely N-dealkylation sites (tertiary alicyclic amines) is 1. The molecular formula is C11H24N2O2. The lowest BCUT2D eigenvalue weighted by atomic mass is 10.1. The van der Waals surface area contributed by atoms with Crippen LogP contribution < -0.4 is 5.48 Å². The lowest BCUT2D eigenvalue weighted by molar-refractivity contribution is -0.0234. The van der Waals surface area contributed by atoms with Crippen LogP contribution >= 0.6 is 0 Å². The minimum atomic E-state index is 0.523. The van der Waals surface area contributed by atoms with E-state index < -0.39 is 0 Å². The number of piperidine rings is 1. The van der Waals surface area contributed by atoms with Crippen molar-refractivity contribution in [1.82, 2.24) is 10.4 Å². The number of hydrogen-bond donors (Lipinski definition) is 1. The summed E-state index contributed by atoms with van der Waals surface area (Å²) >= 11 is 0. The van der Waals surface area contributed by atoms with Crippen molar-refractivity contribution in [2.75, 3.05) is 40.0 Å². The molecule has 0 aromatic heterocycles. The number of methoxy groups -OCH3 is 1. The van der Waals surface area contributed by atoms with E-state index in [0.29, 0.717) is 19.3 Å². The number of nitrogens with one attached hydrogen (secondary N) is 1. The van der Waals surface area contributed by atoms with Gasteiger partial charge in [-0.3, -0.25) is 4.84 Å². The van der Waals surface area contributed by atoms with E-state index in [1.165, 1.54) is 38.9 Å². The maximum Gasteiger partial charge on any atom is 0.0915 e. The molecule has 1 N–H and O–H groups in total. The molecule has 90 valence electrons. The molecule has 0 aliphatic carbocycles. The molecule has 1 aliphatic rings. The summed E-state index contributed by atoms with van der Waals surface area (Å²) in [5.74, 6) is 0. The van der Waals surface area contributed by atoms with Crippen molar-refractivity contribution in [1.29, 1.82) is 0 Å². The van der Waals surface area contributed by atoms with Crippen molar-refractivity contribution in [2.24, 2.45) is 0 Å². The number of hydroxylamine groups is 1. The molecule has 0 amide bonds. The van der Waals surface area contributed by atoms with Crippen LogP contribution in [0, 0.1) is 0 Å². The van der Waals surface area contributed by atoms with E-state index in [4.69, 9.17) is 9.57 Å². The first kappa shape index (κ1) is 12.9. The number of rotatable bonds is 7. The third-order valence-corrected chi connectivity index (χ3v) is 2.77. The van der Waals surface area contributed by atoms with Gasteiger partial charge in [0.25, 0.3) is 0 Å². The Hall–Kier alpha value is -0.160. The van der Waals surface area contributed by atoms with Crippen molar-refractivity contribution in [2.45, 2.75) is 32.2 Å². The highest BCUT2D eigenvalue weighted by atomic mass is 16.7. The third-order valence-electron chi connectivity index (χ3n) is 2.77. The number of hydrogen-bond acceptors (Lipinski definition) is 4. The van der Waals surface area contributed by atoms with Crippen LogP contribution in [0.4, 0.5) is 0 Å². The van der Waals surface area contributed by atoms with Gasteiger partial charge in [-0.15, -0.1) is 0 Å². The maximum atomic E-state index is 5.32. The predicted molar refractivity (Wildman–Crippen MR) is 60.7 cm³/mol. The maximum absolute atomic E-state index is 5.32. The zero-order valence-corrected chi connectivity index (χ0v) is 10.00. The first-order chi connectivity index (χ1) is 7.36. The summed E-state index contributed by atoms with van der Waals surface area (Å²) < 4.78 is 4.91. The van der Waals surface area contributed by atoms with Crippen molar-refractivity contribution in [3.63, 3.8) is 0 Å². The molecule has 0 aromatic carbocycles. The molecule has 1 rings (SSSR count). The molecule has 0 spiro atoms. The second-order valence-electron chi connectivity index (χ2n) is 4.08. The molecule has 1 aliphatic heterocycles. The Balaban J connectivity index is 1.99. The first-order valence-corrected chi connectivity index (χ1v) is 5.95. The van der Waals surface area contributed by atoms with Crippen LogP contribution in [-0.2, 0) is 9.57 Å². The van der Waals surface area contributed by atoms with Crippen molar-refractivity contribution in [3.8, 4) is 0 Å². The average molecular weight is 216 g/mol. The average Bonchev–Trinajstić information content (AvgIpc) is 2.27. The summed E-state index contributed by atoms with van der Waals surface area (Å²) in [5, 5.41) is 0. The Labute approximate surface area is 92.9 Å². The minimum Gasteiger partial charge on any atom is -0.382 e. The van der Waals surface area contributed by atoms with Gasteiger partial charge < -0.3 is 9.64 Å². The summed E-state index contributed by atoms with van der Waals surface area (Å²) in [4.78, 5) is 7.84. The normalized spacial score (nSPS) is 19.6. The molecule has 4 heteroatoms. The minimum absolute atomic E-state index is 0.523. The molecule has 1 fully saturated rings. The molecule has 0 radical (unpaired) electrons. The molecule has 1 saturated heterocycles. The van der Waals surface area contributed by atoms with Gasteiger partial charge in [-0.1, -0.05) is 6.92 Å². The van der Waals surface area contributed by atoms with Gasteiger partial charge in [0.1, 0.15) is 0 Å². The molecule has 1 heterocycles. The molecule has 0 bridgehead atoms. The Bertz CT molecular complexity index is 145. The molecular weight excluding hydrogens is 192 g/mol. The Morgan fingerprint density at radius 3 is 2.60 bits per heavy atom. The third kappa shape index (κ3) is 5.47. The summed E-state index contributed by atoms with van der Waals surface area (Å²) in [7, 11) is 1.69. The summed E-state index contributed by atoms with van der Waals surface area (Å²) in [6, 6.07) is 0.523. The van der Waals surface area contributed by atoms with E-state index in [1.807, 2.05) is 0 Å². The zero-order chi connectivity index (χ0) is 10.9. The Morgan fingerprint density at radius 1 is 1.27 bits per heavy atom. The van der Waals surface area contributed by atoms with Gasteiger partial charge in [-0.25, -0.2) is 0 Å². The highest BCUT2D eigenvalue weighted by Gasteiger charge is 2.17. The van der Waals surface area contributed by atoms with Gasteiger partial charge in [0.15, 0.2) is 0 Å². The van der Waals surface area contributed by atoms with Gasteiger partial charge in [0.05, 0.1) is 13.2 Å². The summed E-state index contributed by atoms with van der Waals surface area (Å²) in [5.41, 5.74) is 3.11. The molecule has 4 nitrogen and oxygen atoms in total. The fourth-order valence-electron chi connectivity index (χ4n) is 1.89. The summed E-state index contributed by atoms with van der Waals surface area (Å²) in [6.45, 7) is 7.14. The van der Waals surface area contributed by atoms with E-state index in [2.05, 4.69) is 17.3 Å². The van der Waals surface area contributed by atoms with E-state index in [9.17, 15) is 0 Å². The largest absolute Gasteiger partial charge is 0.382 e. The molecule has 0 atom stereocenters. The SMILES string of the molecule is CCCN1CCC(NOCCOC)CC1. The lowest BCUT2D eigenvalue weighted by Crippen LogP contribution is -2.42. The molecule has 0 aromatic rings. The van der Waals surface area contributed by atoms with Crippen LogP contribution in [0.15, 0.2) is 0 Å². The Morgan fingerprint density at radius 2 is 2.00 bits per heavy atom. The lowest BCUT2D eigenvalue weighted by Gasteiger charge is -2.31. The van der Waals surface area contributed by atoms with Crippen molar-refractivity contribution < 1.29 is 9.57 Å². The fraction of sp³-hybridized carbons (Fsp3) is 1.00. The fourth-order valence-corrected chi connectivity index (χ4v) is 1.89. The highest BCUT2D eigenvalue weighted by molar-refractivity contribution is 4.74. The second-order valence-corrected chi connectivity index (χ2v) is 4.08. The van der Waals surface area contributed by atoms with Crippen LogP contribution in [0.25, 0.3) is 0 Å². The van der Waals surface area contributed by atoms with Gasteiger partial charge in [-0.05, 0) is 38.9 Å². The van der Waals surface area contributed by atoms with Crippen molar-refractivity contribution in [3.05, 3.63) is 0 Å². The highest BCUT2D eigenvalue weighted by Crippen LogP contribution is 2.10. The zero-order valence-electron chi connectivity index (χ0n) is 10.00. The van der Waals surface area contributed by atoms with Gasteiger partial charge in [0.2, 0.25) is 0 Å². The molecule has 0 unspecified atom stereocenters. The monoisotopic (exact) mass is 216 g/mol.